The zero-order valence-electron chi connectivity index (χ0n) is 10.2. The molecule has 2 aromatic rings. The highest BCUT2D eigenvalue weighted by Crippen LogP contribution is 2.25. The highest BCUT2D eigenvalue weighted by Gasteiger charge is 2.09. The van der Waals surface area contributed by atoms with Gasteiger partial charge in [-0.3, -0.25) is 0 Å². The van der Waals surface area contributed by atoms with Crippen LogP contribution in [0.5, 0.6) is 5.75 Å². The van der Waals surface area contributed by atoms with Gasteiger partial charge in [-0.1, -0.05) is 36.7 Å². The second-order valence-corrected chi connectivity index (χ2v) is 4.64. The molecule has 18 heavy (non-hydrogen) atoms. The molecule has 0 fully saturated rings. The summed E-state index contributed by atoms with van der Waals surface area (Å²) in [7, 11) is 0. The summed E-state index contributed by atoms with van der Waals surface area (Å²) in [6, 6.07) is 15.2. The first-order valence-electron chi connectivity index (χ1n) is 6.00. The smallest absolute Gasteiger partial charge is 0.117 e. The van der Waals surface area contributed by atoms with Crippen LogP contribution in [0.25, 0.3) is 0 Å². The lowest BCUT2D eigenvalue weighted by Crippen LogP contribution is -2.09. The lowest BCUT2D eigenvalue weighted by atomic mass is 10.0. The first-order chi connectivity index (χ1) is 8.69. The Morgan fingerprint density at radius 1 is 1.17 bits per heavy atom. The van der Waals surface area contributed by atoms with E-state index in [0.29, 0.717) is 0 Å². The quantitative estimate of drug-likeness (QED) is 0.842. The number of halogens is 1. The lowest BCUT2D eigenvalue weighted by Gasteiger charge is -2.19. The van der Waals surface area contributed by atoms with E-state index in [1.54, 1.807) is 12.1 Å². The minimum Gasteiger partial charge on any atom is -0.508 e. The third-order valence-corrected chi connectivity index (χ3v) is 3.12. The molecule has 0 amide bonds. The van der Waals surface area contributed by atoms with Gasteiger partial charge in [-0.15, -0.1) is 0 Å². The van der Waals surface area contributed by atoms with E-state index in [-0.39, 0.29) is 11.8 Å². The van der Waals surface area contributed by atoms with E-state index in [1.165, 1.54) is 5.56 Å². The van der Waals surface area contributed by atoms with E-state index in [9.17, 15) is 5.11 Å². The fourth-order valence-corrected chi connectivity index (χ4v) is 2.04. The van der Waals surface area contributed by atoms with Gasteiger partial charge in [0.2, 0.25) is 0 Å². The molecular weight excluding hydrogens is 246 g/mol. The minimum absolute atomic E-state index is 0.212. The zero-order chi connectivity index (χ0) is 13.0. The van der Waals surface area contributed by atoms with Crippen LogP contribution in [0, 0.1) is 0 Å². The molecule has 0 spiro atoms. The largest absolute Gasteiger partial charge is 0.508 e. The number of aromatic hydroxyl groups is 1. The van der Waals surface area contributed by atoms with Crippen LogP contribution in [0.1, 0.15) is 24.9 Å². The number of anilines is 1. The van der Waals surface area contributed by atoms with Crippen LogP contribution in [-0.4, -0.2) is 5.11 Å². The first kappa shape index (κ1) is 12.8. The third-order valence-electron chi connectivity index (χ3n) is 2.87. The molecule has 2 N–H and O–H groups in total. The predicted molar refractivity (Wildman–Crippen MR) is 76.2 cm³/mol. The number of phenols is 1. The van der Waals surface area contributed by atoms with Crippen LogP contribution in [0.2, 0.25) is 5.02 Å². The Hall–Kier alpha value is -1.67. The van der Waals surface area contributed by atoms with Crippen molar-refractivity contribution in [3.8, 4) is 5.75 Å². The summed E-state index contributed by atoms with van der Waals surface area (Å²) in [5.74, 6) is 0.269. The molecule has 94 valence electrons. The van der Waals surface area contributed by atoms with E-state index in [0.717, 1.165) is 17.1 Å². The maximum Gasteiger partial charge on any atom is 0.117 e. The molecule has 0 heterocycles. The van der Waals surface area contributed by atoms with Crippen molar-refractivity contribution in [1.82, 2.24) is 0 Å². The Morgan fingerprint density at radius 2 is 1.89 bits per heavy atom. The number of benzene rings is 2. The van der Waals surface area contributed by atoms with Crippen molar-refractivity contribution in [3.05, 3.63) is 59.1 Å². The number of rotatable bonds is 4. The highest BCUT2D eigenvalue weighted by atomic mass is 35.5. The van der Waals surface area contributed by atoms with Gasteiger partial charge in [0.25, 0.3) is 0 Å². The molecule has 3 heteroatoms. The Morgan fingerprint density at radius 3 is 2.50 bits per heavy atom. The lowest BCUT2D eigenvalue weighted by molar-refractivity contribution is 0.475. The highest BCUT2D eigenvalue weighted by molar-refractivity contribution is 6.30. The van der Waals surface area contributed by atoms with Crippen molar-refractivity contribution in [2.75, 3.05) is 5.32 Å². The maximum atomic E-state index is 9.45. The summed E-state index contributed by atoms with van der Waals surface area (Å²) in [5, 5.41) is 13.6. The first-order valence-corrected chi connectivity index (χ1v) is 6.38. The van der Waals surface area contributed by atoms with Gasteiger partial charge in [0, 0.05) is 16.8 Å². The molecule has 2 aromatic carbocycles. The van der Waals surface area contributed by atoms with E-state index in [2.05, 4.69) is 12.2 Å². The van der Waals surface area contributed by atoms with Gasteiger partial charge >= 0.3 is 0 Å². The molecule has 0 aromatic heterocycles. The van der Waals surface area contributed by atoms with Crippen molar-refractivity contribution >= 4 is 17.3 Å². The monoisotopic (exact) mass is 261 g/mol. The van der Waals surface area contributed by atoms with E-state index in [1.807, 2.05) is 36.4 Å². The molecule has 0 aliphatic rings. The van der Waals surface area contributed by atoms with E-state index < -0.39 is 0 Å². The molecule has 2 rings (SSSR count). The molecule has 2 nitrogen and oxygen atoms in total. The summed E-state index contributed by atoms with van der Waals surface area (Å²) in [4.78, 5) is 0. The average Bonchev–Trinajstić information content (AvgIpc) is 2.37. The Bertz CT molecular complexity index is 510. The van der Waals surface area contributed by atoms with Crippen molar-refractivity contribution in [3.63, 3.8) is 0 Å². The molecule has 1 unspecified atom stereocenters. The second kappa shape index (κ2) is 5.78. The van der Waals surface area contributed by atoms with Crippen molar-refractivity contribution < 1.29 is 5.11 Å². The Kier molecular flexibility index (Phi) is 4.11. The van der Waals surface area contributed by atoms with Crippen LogP contribution in [-0.2, 0) is 0 Å². The fourth-order valence-electron chi connectivity index (χ4n) is 1.91. The standard InChI is InChI=1S/C15H16ClNO/c1-2-15(11-6-8-12(16)9-7-11)17-13-4-3-5-14(18)10-13/h3-10,15,17-18H,2H2,1H3. The van der Waals surface area contributed by atoms with Crippen molar-refractivity contribution in [1.29, 1.82) is 0 Å². The maximum absolute atomic E-state index is 9.45. The van der Waals surface area contributed by atoms with Gasteiger partial charge in [0.1, 0.15) is 5.75 Å². The summed E-state index contributed by atoms with van der Waals surface area (Å²) >= 11 is 5.89. The van der Waals surface area contributed by atoms with Crippen LogP contribution in [0.4, 0.5) is 5.69 Å². The van der Waals surface area contributed by atoms with Crippen LogP contribution >= 0.6 is 11.6 Å². The second-order valence-electron chi connectivity index (χ2n) is 4.21. The third kappa shape index (κ3) is 3.17. The minimum atomic E-state index is 0.212. The molecule has 0 bridgehead atoms. The van der Waals surface area contributed by atoms with Crippen LogP contribution in [0.3, 0.4) is 0 Å². The van der Waals surface area contributed by atoms with Crippen molar-refractivity contribution in [2.24, 2.45) is 0 Å². The van der Waals surface area contributed by atoms with Gasteiger partial charge < -0.3 is 10.4 Å². The summed E-state index contributed by atoms with van der Waals surface area (Å²) < 4.78 is 0. The van der Waals surface area contributed by atoms with Gasteiger partial charge in [-0.25, -0.2) is 0 Å². The molecule has 0 radical (unpaired) electrons. The van der Waals surface area contributed by atoms with Gasteiger partial charge in [-0.2, -0.15) is 0 Å². The molecule has 1 atom stereocenters. The Labute approximate surface area is 112 Å². The average molecular weight is 262 g/mol. The summed E-state index contributed by atoms with van der Waals surface area (Å²) in [5.41, 5.74) is 2.10. The molecule has 0 saturated heterocycles. The molecule has 0 aliphatic heterocycles. The predicted octanol–water partition coefficient (Wildman–Crippen LogP) is 4.61. The molecule has 0 aliphatic carbocycles. The van der Waals surface area contributed by atoms with Gasteiger partial charge in [0.05, 0.1) is 6.04 Å². The SMILES string of the molecule is CCC(Nc1cccc(O)c1)c1ccc(Cl)cc1. The Balaban J connectivity index is 2.17. The number of nitrogens with one attached hydrogen (secondary N) is 1. The molecular formula is C15H16ClNO. The number of hydrogen-bond acceptors (Lipinski definition) is 2. The summed E-state index contributed by atoms with van der Waals surface area (Å²) in [6.07, 6.45) is 0.956. The van der Waals surface area contributed by atoms with Crippen LogP contribution < -0.4 is 5.32 Å². The number of phenolic OH excluding ortho intramolecular Hbond substituents is 1. The molecule has 0 saturated carbocycles. The van der Waals surface area contributed by atoms with Gasteiger partial charge in [0.15, 0.2) is 0 Å². The number of hydrogen-bond donors (Lipinski definition) is 2. The van der Waals surface area contributed by atoms with E-state index in [4.69, 9.17) is 11.6 Å². The zero-order valence-corrected chi connectivity index (χ0v) is 11.0. The van der Waals surface area contributed by atoms with Crippen molar-refractivity contribution in [2.45, 2.75) is 19.4 Å². The van der Waals surface area contributed by atoms with E-state index >= 15 is 0 Å². The normalized spacial score (nSPS) is 12.1. The topological polar surface area (TPSA) is 32.3 Å². The van der Waals surface area contributed by atoms with Gasteiger partial charge in [-0.05, 0) is 36.2 Å². The van der Waals surface area contributed by atoms with Crippen LogP contribution in [0.15, 0.2) is 48.5 Å². The summed E-state index contributed by atoms with van der Waals surface area (Å²) in [6.45, 7) is 2.12. The fraction of sp³-hybridized carbons (Fsp3) is 0.200.